The third kappa shape index (κ3) is 3.02. The van der Waals surface area contributed by atoms with Crippen LogP contribution >= 0.6 is 15.9 Å². The zero-order valence-corrected chi connectivity index (χ0v) is 15.8. The normalized spacial score (nSPS) is 10.6. The summed E-state index contributed by atoms with van der Waals surface area (Å²) in [6, 6.07) is 8.54. The largest absolute Gasteiger partial charge is 0.332 e. The van der Waals surface area contributed by atoms with Crippen LogP contribution in [0.4, 0.5) is 0 Å². The molecule has 0 fully saturated rings. The van der Waals surface area contributed by atoms with E-state index in [1.807, 2.05) is 0 Å². The van der Waals surface area contributed by atoms with Crippen LogP contribution in [0.2, 0.25) is 0 Å². The standard InChI is InChI=1S/C18H15BrN4O3/c1-3-4-10-22-14-15(20-17(22)19)21(2)18(26)23(16(14)25)11-13(24)12-8-6-5-7-9-12/h5-9H,10-11H2,1-2H3. The fourth-order valence-electron chi connectivity index (χ4n) is 2.65. The summed E-state index contributed by atoms with van der Waals surface area (Å²) in [4.78, 5) is 42.2. The second-order valence-corrected chi connectivity index (χ2v) is 6.30. The number of rotatable bonds is 4. The summed E-state index contributed by atoms with van der Waals surface area (Å²) in [7, 11) is 1.52. The summed E-state index contributed by atoms with van der Waals surface area (Å²) < 4.78 is 4.17. The quantitative estimate of drug-likeness (QED) is 0.368. The number of halogens is 1. The van der Waals surface area contributed by atoms with E-state index in [9.17, 15) is 14.4 Å². The number of ketones is 1. The summed E-state index contributed by atoms with van der Waals surface area (Å²) in [6.07, 6.45) is 0. The van der Waals surface area contributed by atoms with Crippen molar-refractivity contribution in [2.45, 2.75) is 20.0 Å². The molecule has 0 atom stereocenters. The van der Waals surface area contributed by atoms with E-state index in [-0.39, 0.29) is 30.0 Å². The van der Waals surface area contributed by atoms with Gasteiger partial charge in [0.2, 0.25) is 0 Å². The SMILES string of the molecule is CC#CCn1c(Br)nc2c1c(=O)n(CC(=O)c1ccccc1)c(=O)n2C. The summed E-state index contributed by atoms with van der Waals surface area (Å²) in [5.74, 6) is 5.32. The molecule has 0 aliphatic rings. The lowest BCUT2D eigenvalue weighted by Crippen LogP contribution is -2.41. The maximum absolute atomic E-state index is 12.9. The fraction of sp³-hybridized carbons (Fsp3) is 0.222. The molecule has 26 heavy (non-hydrogen) atoms. The third-order valence-electron chi connectivity index (χ3n) is 4.00. The van der Waals surface area contributed by atoms with E-state index in [0.29, 0.717) is 10.3 Å². The molecule has 7 nitrogen and oxygen atoms in total. The minimum absolute atomic E-state index is 0.225. The second-order valence-electron chi connectivity index (χ2n) is 5.59. The van der Waals surface area contributed by atoms with Gasteiger partial charge >= 0.3 is 5.69 Å². The van der Waals surface area contributed by atoms with Crippen molar-refractivity contribution >= 4 is 32.9 Å². The van der Waals surface area contributed by atoms with Crippen LogP contribution in [-0.2, 0) is 20.1 Å². The summed E-state index contributed by atoms with van der Waals surface area (Å²) >= 11 is 3.30. The monoisotopic (exact) mass is 414 g/mol. The van der Waals surface area contributed by atoms with Crippen molar-refractivity contribution in [3.05, 3.63) is 61.5 Å². The lowest BCUT2D eigenvalue weighted by atomic mass is 10.1. The highest BCUT2D eigenvalue weighted by Crippen LogP contribution is 2.15. The van der Waals surface area contributed by atoms with Gasteiger partial charge in [0.15, 0.2) is 21.7 Å². The Labute approximate surface area is 157 Å². The molecule has 132 valence electrons. The number of aromatic nitrogens is 4. The van der Waals surface area contributed by atoms with Gasteiger partial charge in [-0.1, -0.05) is 36.3 Å². The average Bonchev–Trinajstić information content (AvgIpc) is 2.98. The lowest BCUT2D eigenvalue weighted by Gasteiger charge is -2.08. The van der Waals surface area contributed by atoms with E-state index in [1.54, 1.807) is 41.8 Å². The van der Waals surface area contributed by atoms with Gasteiger partial charge in [0.1, 0.15) is 0 Å². The fourth-order valence-corrected chi connectivity index (χ4v) is 3.12. The first-order valence-corrected chi connectivity index (χ1v) is 8.58. The molecule has 3 aromatic rings. The van der Waals surface area contributed by atoms with E-state index >= 15 is 0 Å². The van der Waals surface area contributed by atoms with Gasteiger partial charge in [0.25, 0.3) is 5.56 Å². The highest BCUT2D eigenvalue weighted by molar-refractivity contribution is 9.10. The smallest absolute Gasteiger partial charge is 0.301 e. The van der Waals surface area contributed by atoms with Gasteiger partial charge in [0.05, 0.1) is 13.1 Å². The first kappa shape index (κ1) is 17.9. The van der Waals surface area contributed by atoms with Gasteiger partial charge in [-0.15, -0.1) is 5.92 Å². The number of aryl methyl sites for hydroxylation is 1. The Morgan fingerprint density at radius 1 is 1.19 bits per heavy atom. The van der Waals surface area contributed by atoms with Crippen LogP contribution in [0.25, 0.3) is 11.2 Å². The summed E-state index contributed by atoms with van der Waals surface area (Å²) in [5, 5.41) is 0. The molecule has 0 N–H and O–H groups in total. The van der Waals surface area contributed by atoms with Crippen LogP contribution in [0.3, 0.4) is 0 Å². The highest BCUT2D eigenvalue weighted by atomic mass is 79.9. The van der Waals surface area contributed by atoms with Crippen LogP contribution in [0.1, 0.15) is 17.3 Å². The molecule has 0 saturated carbocycles. The molecule has 0 aliphatic carbocycles. The van der Waals surface area contributed by atoms with Crippen molar-refractivity contribution < 1.29 is 4.79 Å². The Balaban J connectivity index is 2.20. The number of carbonyl (C=O) groups is 1. The van der Waals surface area contributed by atoms with Crippen molar-refractivity contribution in [3.8, 4) is 11.8 Å². The van der Waals surface area contributed by atoms with Crippen LogP contribution in [0.5, 0.6) is 0 Å². The molecule has 0 spiro atoms. The predicted octanol–water partition coefficient (Wildman–Crippen LogP) is 1.57. The van der Waals surface area contributed by atoms with Gasteiger partial charge in [0, 0.05) is 12.6 Å². The Hall–Kier alpha value is -2.92. The molecule has 3 rings (SSSR count). The van der Waals surface area contributed by atoms with Gasteiger partial charge in [-0.3, -0.25) is 18.7 Å². The Morgan fingerprint density at radius 2 is 1.88 bits per heavy atom. The van der Waals surface area contributed by atoms with Gasteiger partial charge in [-0.25, -0.2) is 9.78 Å². The molecular formula is C18H15BrN4O3. The maximum Gasteiger partial charge on any atom is 0.332 e. The number of fused-ring (bicyclic) bond motifs is 1. The van der Waals surface area contributed by atoms with Gasteiger partial charge in [-0.2, -0.15) is 0 Å². The van der Waals surface area contributed by atoms with E-state index in [2.05, 4.69) is 32.8 Å². The van der Waals surface area contributed by atoms with E-state index in [0.717, 1.165) is 4.57 Å². The number of carbonyl (C=O) groups excluding carboxylic acids is 1. The number of hydrogen-bond acceptors (Lipinski definition) is 4. The molecule has 0 unspecified atom stereocenters. The first-order valence-electron chi connectivity index (χ1n) is 7.79. The van der Waals surface area contributed by atoms with Gasteiger partial charge < -0.3 is 4.57 Å². The van der Waals surface area contributed by atoms with Crippen LogP contribution in [0, 0.1) is 11.8 Å². The molecule has 0 saturated heterocycles. The van der Waals surface area contributed by atoms with Gasteiger partial charge in [-0.05, 0) is 22.9 Å². The summed E-state index contributed by atoms with van der Waals surface area (Å²) in [5.41, 5.74) is -0.252. The van der Waals surface area contributed by atoms with Crippen LogP contribution in [0.15, 0.2) is 44.7 Å². The summed E-state index contributed by atoms with van der Waals surface area (Å²) in [6.45, 7) is 1.60. The molecule has 0 amide bonds. The van der Waals surface area contributed by atoms with E-state index < -0.39 is 11.2 Å². The van der Waals surface area contributed by atoms with E-state index in [1.165, 1.54) is 11.6 Å². The number of hydrogen-bond donors (Lipinski definition) is 0. The third-order valence-corrected chi connectivity index (χ3v) is 4.60. The lowest BCUT2D eigenvalue weighted by molar-refractivity contribution is 0.0969. The molecule has 2 heterocycles. The van der Waals surface area contributed by atoms with Crippen LogP contribution in [-0.4, -0.2) is 24.5 Å². The topological polar surface area (TPSA) is 78.9 Å². The Kier molecular flexibility index (Phi) is 4.91. The highest BCUT2D eigenvalue weighted by Gasteiger charge is 2.20. The minimum atomic E-state index is -0.592. The maximum atomic E-state index is 12.9. The number of benzene rings is 1. The van der Waals surface area contributed by atoms with Crippen molar-refractivity contribution in [1.29, 1.82) is 0 Å². The van der Waals surface area contributed by atoms with Crippen molar-refractivity contribution in [2.24, 2.45) is 7.05 Å². The number of nitrogens with zero attached hydrogens (tertiary/aromatic N) is 4. The molecule has 2 aromatic heterocycles. The van der Waals surface area contributed by atoms with Crippen molar-refractivity contribution in [3.63, 3.8) is 0 Å². The first-order chi connectivity index (χ1) is 12.5. The molecule has 8 heteroatoms. The Bertz CT molecular complexity index is 1180. The predicted molar refractivity (Wildman–Crippen MR) is 101 cm³/mol. The number of Topliss-reactive ketones (excluding diaryl/α,β-unsaturated/α-hetero) is 1. The van der Waals surface area contributed by atoms with Crippen molar-refractivity contribution in [1.82, 2.24) is 18.7 Å². The van der Waals surface area contributed by atoms with Crippen LogP contribution < -0.4 is 11.2 Å². The number of imidazole rings is 1. The molecule has 0 bridgehead atoms. The Morgan fingerprint density at radius 3 is 2.54 bits per heavy atom. The van der Waals surface area contributed by atoms with E-state index in [4.69, 9.17) is 0 Å². The molecule has 0 aliphatic heterocycles. The minimum Gasteiger partial charge on any atom is -0.301 e. The average molecular weight is 415 g/mol. The van der Waals surface area contributed by atoms with Crippen molar-refractivity contribution in [2.75, 3.05) is 0 Å². The second kappa shape index (κ2) is 7.14. The molecule has 1 aromatic carbocycles. The zero-order valence-electron chi connectivity index (χ0n) is 14.2. The zero-order chi connectivity index (χ0) is 18.8. The molecule has 0 radical (unpaired) electrons. The molecular weight excluding hydrogens is 400 g/mol.